The van der Waals surface area contributed by atoms with E-state index in [0.717, 1.165) is 117 Å². The summed E-state index contributed by atoms with van der Waals surface area (Å²) in [5.74, 6) is 0. The minimum absolute atomic E-state index is 0.862. The third kappa shape index (κ3) is 8.06. The van der Waals surface area contributed by atoms with Gasteiger partial charge in [0.05, 0.1) is 34.2 Å². The van der Waals surface area contributed by atoms with E-state index in [4.69, 9.17) is 29.9 Å². The van der Waals surface area contributed by atoms with Crippen molar-refractivity contribution in [2.75, 3.05) is 0 Å². The van der Waals surface area contributed by atoms with Crippen molar-refractivity contribution in [2.45, 2.75) is 0 Å². The molecule has 0 spiro atoms. The second-order valence-corrected chi connectivity index (χ2v) is 17.6. The molecule has 4 aromatic carbocycles. The Balaban J connectivity index is 0.861. The van der Waals surface area contributed by atoms with Crippen molar-refractivity contribution in [3.05, 3.63) is 238 Å². The summed E-state index contributed by atoms with van der Waals surface area (Å²) in [6.45, 7) is 0. The first-order valence-corrected chi connectivity index (χ1v) is 23.6. The molecule has 0 aliphatic rings. The summed E-state index contributed by atoms with van der Waals surface area (Å²) >= 11 is 0. The average Bonchev–Trinajstić information content (AvgIpc) is 3.48. The summed E-state index contributed by atoms with van der Waals surface area (Å²) in [5, 5.41) is 6.98. The maximum absolute atomic E-state index is 4.92. The van der Waals surface area contributed by atoms with Gasteiger partial charge in [-0.25, -0.2) is 0 Å². The fourth-order valence-electron chi connectivity index (χ4n) is 9.47. The molecule has 72 heavy (non-hydrogen) atoms. The van der Waals surface area contributed by atoms with Crippen LogP contribution in [0.15, 0.2) is 238 Å². The van der Waals surface area contributed by atoms with Crippen molar-refractivity contribution in [1.82, 2.24) is 44.9 Å². The van der Waals surface area contributed by atoms with Gasteiger partial charge in [-0.3, -0.25) is 44.9 Å². The van der Waals surface area contributed by atoms with Crippen molar-refractivity contribution in [1.29, 1.82) is 0 Å². The number of aromatic nitrogens is 9. The Kier molecular flexibility index (Phi) is 10.6. The topological polar surface area (TPSA) is 116 Å². The van der Waals surface area contributed by atoms with E-state index in [-0.39, 0.29) is 0 Å². The fraction of sp³-hybridized carbons (Fsp3) is 0. The van der Waals surface area contributed by atoms with Crippen molar-refractivity contribution in [2.24, 2.45) is 0 Å². The molecule has 13 aromatic rings. The van der Waals surface area contributed by atoms with Gasteiger partial charge in [-0.1, -0.05) is 54.6 Å². The molecule has 0 bridgehead atoms. The van der Waals surface area contributed by atoms with Gasteiger partial charge in [0.15, 0.2) is 0 Å². The van der Waals surface area contributed by atoms with Gasteiger partial charge in [0.1, 0.15) is 0 Å². The van der Waals surface area contributed by atoms with Crippen LogP contribution in [0.1, 0.15) is 0 Å². The fourth-order valence-corrected chi connectivity index (χ4v) is 9.47. The van der Waals surface area contributed by atoms with Gasteiger partial charge in [0.2, 0.25) is 0 Å². The Morgan fingerprint density at radius 1 is 0.167 bits per heavy atom. The molecule has 13 rings (SSSR count). The first-order valence-electron chi connectivity index (χ1n) is 23.6. The molecular weight excluding hydrogens is 883 g/mol. The van der Waals surface area contributed by atoms with Crippen molar-refractivity contribution in [3.8, 4) is 101 Å². The van der Waals surface area contributed by atoms with E-state index in [1.807, 2.05) is 91.8 Å². The van der Waals surface area contributed by atoms with Crippen LogP contribution in [-0.2, 0) is 0 Å². The van der Waals surface area contributed by atoms with Crippen LogP contribution in [0.4, 0.5) is 0 Å². The van der Waals surface area contributed by atoms with E-state index in [1.165, 1.54) is 16.2 Å². The number of rotatable bonds is 9. The number of pyridine rings is 9. The third-order valence-electron chi connectivity index (χ3n) is 13.3. The van der Waals surface area contributed by atoms with Crippen molar-refractivity contribution >= 4 is 32.3 Å². The maximum atomic E-state index is 4.92. The van der Waals surface area contributed by atoms with E-state index in [1.54, 1.807) is 37.2 Å². The molecule has 0 unspecified atom stereocenters. The molecule has 0 N–H and O–H groups in total. The normalized spacial score (nSPS) is 11.3. The number of fused-ring (bicyclic) bond motifs is 6. The molecule has 0 amide bonds. The van der Waals surface area contributed by atoms with Gasteiger partial charge in [-0.2, -0.15) is 0 Å². The zero-order valence-corrected chi connectivity index (χ0v) is 38.5. The van der Waals surface area contributed by atoms with Gasteiger partial charge in [0.25, 0.3) is 0 Å². The summed E-state index contributed by atoms with van der Waals surface area (Å²) in [6, 6.07) is 57.0. The van der Waals surface area contributed by atoms with Crippen molar-refractivity contribution < 1.29 is 0 Å². The molecule has 9 nitrogen and oxygen atoms in total. The molecule has 9 heteroatoms. The Morgan fingerprint density at radius 3 is 0.625 bits per heavy atom. The largest absolute Gasteiger partial charge is 0.265 e. The van der Waals surface area contributed by atoms with E-state index in [2.05, 4.69) is 124 Å². The number of hydrogen-bond donors (Lipinski definition) is 0. The Hall–Kier alpha value is -9.99. The quantitative estimate of drug-likeness (QED) is 0.130. The van der Waals surface area contributed by atoms with Gasteiger partial charge >= 0.3 is 0 Å². The average molecular weight is 922 g/mol. The van der Waals surface area contributed by atoms with Crippen LogP contribution in [0, 0.1) is 0 Å². The number of benzene rings is 4. The highest BCUT2D eigenvalue weighted by atomic mass is 14.7. The predicted octanol–water partition coefficient (Wildman–Crippen LogP) is 14.7. The Morgan fingerprint density at radius 2 is 0.389 bits per heavy atom. The molecule has 0 saturated heterocycles. The van der Waals surface area contributed by atoms with Crippen LogP contribution >= 0.6 is 0 Å². The molecule has 336 valence electrons. The highest BCUT2D eigenvalue weighted by molar-refractivity contribution is 6.26. The maximum Gasteiger partial charge on any atom is 0.0717 e. The molecule has 9 aromatic heterocycles. The zero-order chi connectivity index (χ0) is 47.8. The summed E-state index contributed by atoms with van der Waals surface area (Å²) in [7, 11) is 0. The Labute approximate surface area is 414 Å². The van der Waals surface area contributed by atoms with E-state index in [0.29, 0.717) is 0 Å². The standard InChI is InChI=1S/C63H39N9/c1-10-52-55(31-43(1)46-4-13-61(67-34-46)49-7-16-58(70-37-49)40-19-25-64-26-20-40)53-11-2-45(48-6-15-63(69-36-48)51-9-18-60(72-39-51)42-23-29-66-30-24-42)33-57(53)54-12-3-44(32-56(52)54)47-5-14-62(68-35-47)50-8-17-59(71-38-50)41-21-27-65-28-22-41/h1-39H. The number of hydrogen-bond acceptors (Lipinski definition) is 9. The van der Waals surface area contributed by atoms with E-state index < -0.39 is 0 Å². The van der Waals surface area contributed by atoms with Crippen LogP contribution in [-0.4, -0.2) is 44.9 Å². The van der Waals surface area contributed by atoms with Gasteiger partial charge in [-0.05, 0) is 158 Å². The van der Waals surface area contributed by atoms with Crippen molar-refractivity contribution in [3.63, 3.8) is 0 Å². The summed E-state index contributed by atoms with van der Waals surface area (Å²) in [4.78, 5) is 41.3. The molecule has 0 aliphatic carbocycles. The van der Waals surface area contributed by atoms with Crippen LogP contribution < -0.4 is 0 Å². The summed E-state index contributed by atoms with van der Waals surface area (Å²) in [5.41, 5.74) is 17.6. The molecule has 0 atom stereocenters. The molecule has 0 radical (unpaired) electrons. The van der Waals surface area contributed by atoms with Gasteiger partial charge in [-0.15, -0.1) is 0 Å². The molecule has 0 fully saturated rings. The van der Waals surface area contributed by atoms with E-state index >= 15 is 0 Å². The second kappa shape index (κ2) is 18.2. The Bertz CT molecular complexity index is 3600. The SMILES string of the molecule is c1cc(-c2ccc(-c3ccc(-c4ccc5c(c4)c4ccc(-c6ccc(-c7ccc(-c8ccncc8)nc7)nc6)cc4c4ccc(-c6ccc(-c7ccc(-c8ccncc8)nc7)nc6)cc54)cn3)cn2)ccn1. The molecular formula is C63H39N9. The second-order valence-electron chi connectivity index (χ2n) is 17.6. The smallest absolute Gasteiger partial charge is 0.0717 e. The lowest BCUT2D eigenvalue weighted by Gasteiger charge is -2.15. The van der Waals surface area contributed by atoms with Crippen LogP contribution in [0.3, 0.4) is 0 Å². The first-order chi connectivity index (χ1) is 35.6. The monoisotopic (exact) mass is 921 g/mol. The minimum Gasteiger partial charge on any atom is -0.265 e. The molecule has 0 aliphatic heterocycles. The number of nitrogens with zero attached hydrogens (tertiary/aromatic N) is 9. The predicted molar refractivity (Wildman–Crippen MR) is 288 cm³/mol. The summed E-state index contributed by atoms with van der Waals surface area (Å²) < 4.78 is 0. The third-order valence-corrected chi connectivity index (χ3v) is 13.3. The highest BCUT2D eigenvalue weighted by Crippen LogP contribution is 2.41. The lowest BCUT2D eigenvalue weighted by Crippen LogP contribution is -1.91. The zero-order valence-electron chi connectivity index (χ0n) is 38.5. The van der Waals surface area contributed by atoms with Crippen LogP contribution in [0.2, 0.25) is 0 Å². The highest BCUT2D eigenvalue weighted by Gasteiger charge is 2.15. The minimum atomic E-state index is 0.862. The summed E-state index contributed by atoms with van der Waals surface area (Å²) in [6.07, 6.45) is 22.2. The molecule has 0 saturated carbocycles. The molecule has 9 heterocycles. The van der Waals surface area contributed by atoms with Gasteiger partial charge in [0, 0.05) is 124 Å². The van der Waals surface area contributed by atoms with Crippen LogP contribution in [0.25, 0.3) is 133 Å². The van der Waals surface area contributed by atoms with Crippen LogP contribution in [0.5, 0.6) is 0 Å². The van der Waals surface area contributed by atoms with E-state index in [9.17, 15) is 0 Å². The lowest BCUT2D eigenvalue weighted by molar-refractivity contribution is 1.27. The first kappa shape index (κ1) is 42.1. The lowest BCUT2D eigenvalue weighted by atomic mass is 9.89. The van der Waals surface area contributed by atoms with Gasteiger partial charge < -0.3 is 0 Å².